The van der Waals surface area contributed by atoms with E-state index >= 15 is 0 Å². The van der Waals surface area contributed by atoms with Crippen LogP contribution in [0.5, 0.6) is 0 Å². The van der Waals surface area contributed by atoms with Crippen LogP contribution in [0.25, 0.3) is 5.69 Å². The SMILES string of the molecule is CCN(CC)C(=O)c1sc(NC(=S)NCc2ccc(-n3cccn3)cc2)c(C(=O)OC)c1C. The third kappa shape index (κ3) is 5.58. The predicted molar refractivity (Wildman–Crippen MR) is 134 cm³/mol. The van der Waals surface area contributed by atoms with Crippen molar-refractivity contribution >= 4 is 45.5 Å². The Bertz CT molecular complexity index is 1120. The number of thiocarbonyl (C=S) groups is 1. The van der Waals surface area contributed by atoms with Crippen LogP contribution in [0.1, 0.15) is 45.0 Å². The fraction of sp³-hybridized carbons (Fsp3) is 0.304. The van der Waals surface area contributed by atoms with Crippen LogP contribution < -0.4 is 10.6 Å². The zero-order valence-corrected chi connectivity index (χ0v) is 20.7. The summed E-state index contributed by atoms with van der Waals surface area (Å²) in [5, 5.41) is 11.3. The van der Waals surface area contributed by atoms with E-state index in [2.05, 4.69) is 15.7 Å². The Hall–Kier alpha value is -3.24. The van der Waals surface area contributed by atoms with Gasteiger partial charge in [0.2, 0.25) is 0 Å². The highest BCUT2D eigenvalue weighted by molar-refractivity contribution is 7.80. The van der Waals surface area contributed by atoms with Crippen LogP contribution in [0.4, 0.5) is 5.00 Å². The molecule has 3 aromatic rings. The minimum Gasteiger partial charge on any atom is -0.465 e. The van der Waals surface area contributed by atoms with Crippen molar-refractivity contribution in [3.05, 3.63) is 64.3 Å². The van der Waals surface area contributed by atoms with E-state index in [0.29, 0.717) is 45.8 Å². The summed E-state index contributed by atoms with van der Waals surface area (Å²) in [6, 6.07) is 9.80. The fourth-order valence-electron chi connectivity index (χ4n) is 3.33. The van der Waals surface area contributed by atoms with E-state index in [1.807, 2.05) is 50.4 Å². The van der Waals surface area contributed by atoms with Crippen LogP contribution >= 0.6 is 23.6 Å². The Morgan fingerprint density at radius 1 is 1.21 bits per heavy atom. The molecular weight excluding hydrogens is 458 g/mol. The van der Waals surface area contributed by atoms with Gasteiger partial charge in [-0.1, -0.05) is 12.1 Å². The van der Waals surface area contributed by atoms with Crippen LogP contribution in [-0.4, -0.2) is 51.9 Å². The van der Waals surface area contributed by atoms with Gasteiger partial charge in [-0.05, 0) is 62.3 Å². The van der Waals surface area contributed by atoms with Crippen LogP contribution in [-0.2, 0) is 11.3 Å². The second kappa shape index (κ2) is 11.1. The van der Waals surface area contributed by atoms with E-state index in [-0.39, 0.29) is 5.91 Å². The van der Waals surface area contributed by atoms with Crippen molar-refractivity contribution in [1.29, 1.82) is 0 Å². The quantitative estimate of drug-likeness (QED) is 0.368. The first kappa shape index (κ1) is 24.4. The molecule has 0 aliphatic heterocycles. The van der Waals surface area contributed by atoms with Gasteiger partial charge in [-0.3, -0.25) is 4.79 Å². The van der Waals surface area contributed by atoms with Gasteiger partial charge in [0.15, 0.2) is 5.11 Å². The van der Waals surface area contributed by atoms with Crippen molar-refractivity contribution in [1.82, 2.24) is 20.0 Å². The lowest BCUT2D eigenvalue weighted by atomic mass is 10.1. The number of hydrogen-bond donors (Lipinski definition) is 2. The minimum absolute atomic E-state index is 0.114. The van der Waals surface area contributed by atoms with Gasteiger partial charge in [0.1, 0.15) is 5.00 Å². The van der Waals surface area contributed by atoms with Gasteiger partial charge in [-0.2, -0.15) is 5.10 Å². The molecule has 0 aliphatic rings. The molecule has 0 bridgehead atoms. The topological polar surface area (TPSA) is 88.5 Å². The lowest BCUT2D eigenvalue weighted by molar-refractivity contribution is 0.0601. The fourth-order valence-corrected chi connectivity index (χ4v) is 4.73. The van der Waals surface area contributed by atoms with Crippen molar-refractivity contribution in [3.63, 3.8) is 0 Å². The van der Waals surface area contributed by atoms with E-state index in [1.165, 1.54) is 18.4 Å². The molecule has 2 aromatic heterocycles. The van der Waals surface area contributed by atoms with E-state index < -0.39 is 5.97 Å². The number of methoxy groups -OCH3 is 1. The van der Waals surface area contributed by atoms with E-state index in [1.54, 1.807) is 22.7 Å². The van der Waals surface area contributed by atoms with Crippen LogP contribution in [0, 0.1) is 6.92 Å². The third-order valence-electron chi connectivity index (χ3n) is 5.17. The third-order valence-corrected chi connectivity index (χ3v) is 6.61. The monoisotopic (exact) mass is 485 g/mol. The molecule has 0 saturated carbocycles. The first-order valence-corrected chi connectivity index (χ1v) is 11.8. The second-order valence-corrected chi connectivity index (χ2v) is 8.58. The Balaban J connectivity index is 1.72. The maximum atomic E-state index is 12.9. The Morgan fingerprint density at radius 3 is 2.48 bits per heavy atom. The number of esters is 1. The number of hydrogen-bond acceptors (Lipinski definition) is 6. The van der Waals surface area contributed by atoms with E-state index in [4.69, 9.17) is 17.0 Å². The Labute approximate surface area is 202 Å². The van der Waals surface area contributed by atoms with Gasteiger partial charge in [-0.15, -0.1) is 11.3 Å². The van der Waals surface area contributed by atoms with Gasteiger partial charge < -0.3 is 20.3 Å². The predicted octanol–water partition coefficient (Wildman–Crippen LogP) is 4.00. The molecule has 0 saturated heterocycles. The lowest BCUT2D eigenvalue weighted by Crippen LogP contribution is -2.30. The molecule has 0 fully saturated rings. The average Bonchev–Trinajstić information content (AvgIpc) is 3.47. The number of carbonyl (C=O) groups excluding carboxylic acids is 2. The first-order chi connectivity index (χ1) is 15.9. The van der Waals surface area contributed by atoms with E-state index in [9.17, 15) is 9.59 Å². The highest BCUT2D eigenvalue weighted by atomic mass is 32.1. The largest absolute Gasteiger partial charge is 0.465 e. The summed E-state index contributed by atoms with van der Waals surface area (Å²) >= 11 is 6.65. The molecule has 8 nitrogen and oxygen atoms in total. The highest BCUT2D eigenvalue weighted by Gasteiger charge is 2.27. The average molecular weight is 486 g/mol. The smallest absolute Gasteiger partial charge is 0.341 e. The van der Waals surface area contributed by atoms with Gasteiger partial charge >= 0.3 is 5.97 Å². The number of nitrogens with one attached hydrogen (secondary N) is 2. The van der Waals surface area contributed by atoms with Gasteiger partial charge in [-0.25, -0.2) is 9.48 Å². The zero-order chi connectivity index (χ0) is 24.0. The van der Waals surface area contributed by atoms with Gasteiger partial charge in [0.25, 0.3) is 5.91 Å². The van der Waals surface area contributed by atoms with Crippen LogP contribution in [0.15, 0.2) is 42.7 Å². The van der Waals surface area contributed by atoms with E-state index in [0.717, 1.165) is 11.3 Å². The molecule has 2 N–H and O–H groups in total. The van der Waals surface area contributed by atoms with Crippen molar-refractivity contribution < 1.29 is 14.3 Å². The molecular formula is C23H27N5O3S2. The Kier molecular flexibility index (Phi) is 8.18. The molecule has 0 aliphatic carbocycles. The van der Waals surface area contributed by atoms with Crippen molar-refractivity contribution in [2.45, 2.75) is 27.3 Å². The number of nitrogens with zero attached hydrogens (tertiary/aromatic N) is 3. The molecule has 2 heterocycles. The molecule has 0 radical (unpaired) electrons. The number of carbonyl (C=O) groups is 2. The molecule has 174 valence electrons. The molecule has 1 amide bonds. The van der Waals surface area contributed by atoms with Gasteiger partial charge in [0, 0.05) is 32.0 Å². The number of ether oxygens (including phenoxy) is 1. The summed E-state index contributed by atoms with van der Waals surface area (Å²) in [6.07, 6.45) is 3.61. The summed E-state index contributed by atoms with van der Waals surface area (Å²) in [4.78, 5) is 27.6. The molecule has 0 atom stereocenters. The Morgan fingerprint density at radius 2 is 1.91 bits per heavy atom. The van der Waals surface area contributed by atoms with Crippen molar-refractivity contribution in [2.75, 3.05) is 25.5 Å². The highest BCUT2D eigenvalue weighted by Crippen LogP contribution is 2.34. The first-order valence-electron chi connectivity index (χ1n) is 10.5. The van der Waals surface area contributed by atoms with Crippen molar-refractivity contribution in [3.8, 4) is 5.69 Å². The molecule has 1 aromatic carbocycles. The number of aromatic nitrogens is 2. The number of thiophene rings is 1. The maximum absolute atomic E-state index is 12.9. The minimum atomic E-state index is -0.512. The van der Waals surface area contributed by atoms with Gasteiger partial charge in [0.05, 0.1) is 23.2 Å². The number of amides is 1. The van der Waals surface area contributed by atoms with Crippen molar-refractivity contribution in [2.24, 2.45) is 0 Å². The van der Waals surface area contributed by atoms with Crippen LogP contribution in [0.3, 0.4) is 0 Å². The number of rotatable bonds is 8. The van der Waals surface area contributed by atoms with Crippen LogP contribution in [0.2, 0.25) is 0 Å². The zero-order valence-electron chi connectivity index (χ0n) is 19.0. The summed E-state index contributed by atoms with van der Waals surface area (Å²) in [5.41, 5.74) is 2.91. The molecule has 3 rings (SSSR count). The normalized spacial score (nSPS) is 10.5. The summed E-state index contributed by atoms with van der Waals surface area (Å²) in [6.45, 7) is 7.26. The summed E-state index contributed by atoms with van der Waals surface area (Å²) in [5.74, 6) is -0.626. The maximum Gasteiger partial charge on any atom is 0.341 e. The number of benzene rings is 1. The number of anilines is 1. The molecule has 0 spiro atoms. The summed E-state index contributed by atoms with van der Waals surface area (Å²) in [7, 11) is 1.32. The second-order valence-electron chi connectivity index (χ2n) is 7.15. The summed E-state index contributed by atoms with van der Waals surface area (Å²) < 4.78 is 6.73. The standard InChI is InChI=1S/C23H27N5O3S2/c1-5-27(6-2)21(29)19-15(3)18(22(30)31-4)20(33-19)26-23(32)24-14-16-8-10-17(11-9-16)28-13-7-12-25-28/h7-13H,5-6,14H2,1-4H3,(H2,24,26,32). The molecule has 0 unspecified atom stereocenters. The lowest BCUT2D eigenvalue weighted by Gasteiger charge is -2.17. The molecule has 10 heteroatoms. The molecule has 33 heavy (non-hydrogen) atoms.